The molecule has 0 aliphatic heterocycles. The van der Waals surface area contributed by atoms with Crippen molar-refractivity contribution in [3.63, 3.8) is 0 Å². The SMILES string of the molecule is NCCOC(=O)NCCCCCCP(=O)(O)O. The van der Waals surface area contributed by atoms with Crippen LogP contribution in [-0.2, 0) is 9.30 Å². The van der Waals surface area contributed by atoms with Crippen LogP contribution in [0.5, 0.6) is 0 Å². The zero-order chi connectivity index (χ0) is 13.1. The van der Waals surface area contributed by atoms with Crippen molar-refractivity contribution in [1.29, 1.82) is 0 Å². The van der Waals surface area contributed by atoms with E-state index in [-0.39, 0.29) is 12.8 Å². The van der Waals surface area contributed by atoms with Crippen LogP contribution in [0.3, 0.4) is 0 Å². The molecular weight excluding hydrogens is 247 g/mol. The summed E-state index contributed by atoms with van der Waals surface area (Å²) in [5.74, 6) is 0. The highest BCUT2D eigenvalue weighted by Gasteiger charge is 2.10. The molecule has 7 nitrogen and oxygen atoms in total. The van der Waals surface area contributed by atoms with Gasteiger partial charge in [-0.3, -0.25) is 4.57 Å². The molecule has 102 valence electrons. The van der Waals surface area contributed by atoms with Crippen molar-refractivity contribution in [1.82, 2.24) is 5.32 Å². The second kappa shape index (κ2) is 9.41. The highest BCUT2D eigenvalue weighted by atomic mass is 31.2. The van der Waals surface area contributed by atoms with Crippen LogP contribution in [0, 0.1) is 0 Å². The van der Waals surface area contributed by atoms with Crippen LogP contribution in [0.15, 0.2) is 0 Å². The van der Waals surface area contributed by atoms with Gasteiger partial charge in [0, 0.05) is 19.3 Å². The van der Waals surface area contributed by atoms with Gasteiger partial charge in [0.1, 0.15) is 6.61 Å². The van der Waals surface area contributed by atoms with Crippen LogP contribution in [0.25, 0.3) is 0 Å². The highest BCUT2D eigenvalue weighted by Crippen LogP contribution is 2.35. The molecule has 1 amide bonds. The van der Waals surface area contributed by atoms with Crippen molar-refractivity contribution in [2.75, 3.05) is 25.9 Å². The molecule has 0 fully saturated rings. The summed E-state index contributed by atoms with van der Waals surface area (Å²) >= 11 is 0. The number of hydrogen-bond donors (Lipinski definition) is 4. The van der Waals surface area contributed by atoms with E-state index in [0.717, 1.165) is 19.3 Å². The highest BCUT2D eigenvalue weighted by molar-refractivity contribution is 7.51. The van der Waals surface area contributed by atoms with Crippen molar-refractivity contribution in [3.05, 3.63) is 0 Å². The van der Waals surface area contributed by atoms with Gasteiger partial charge in [-0.1, -0.05) is 12.8 Å². The second-order valence-corrected chi connectivity index (χ2v) is 5.43. The van der Waals surface area contributed by atoms with Crippen LogP contribution in [0.4, 0.5) is 4.79 Å². The molecule has 0 aromatic heterocycles. The van der Waals surface area contributed by atoms with E-state index in [0.29, 0.717) is 19.5 Å². The monoisotopic (exact) mass is 268 g/mol. The Balaban J connectivity index is 3.24. The lowest BCUT2D eigenvalue weighted by Gasteiger charge is -2.06. The molecule has 5 N–H and O–H groups in total. The van der Waals surface area contributed by atoms with Gasteiger partial charge in [-0.2, -0.15) is 0 Å². The van der Waals surface area contributed by atoms with Gasteiger partial charge in [0.25, 0.3) is 0 Å². The minimum atomic E-state index is -3.85. The van der Waals surface area contributed by atoms with Gasteiger partial charge in [-0.25, -0.2) is 4.79 Å². The van der Waals surface area contributed by atoms with E-state index in [1.807, 2.05) is 0 Å². The van der Waals surface area contributed by atoms with Crippen molar-refractivity contribution in [3.8, 4) is 0 Å². The number of unbranched alkanes of at least 4 members (excludes halogenated alkanes) is 3. The normalized spacial score (nSPS) is 11.2. The fourth-order valence-electron chi connectivity index (χ4n) is 1.19. The molecular formula is C9H21N2O5P. The number of hydrogen-bond acceptors (Lipinski definition) is 4. The zero-order valence-corrected chi connectivity index (χ0v) is 10.7. The van der Waals surface area contributed by atoms with Gasteiger partial charge in [0.05, 0.1) is 0 Å². The molecule has 17 heavy (non-hydrogen) atoms. The molecule has 0 rings (SSSR count). The number of rotatable bonds is 9. The van der Waals surface area contributed by atoms with Crippen molar-refractivity contribution < 1.29 is 23.9 Å². The zero-order valence-electron chi connectivity index (χ0n) is 9.80. The van der Waals surface area contributed by atoms with Crippen LogP contribution < -0.4 is 11.1 Å². The lowest BCUT2D eigenvalue weighted by molar-refractivity contribution is 0.149. The van der Waals surface area contributed by atoms with E-state index in [2.05, 4.69) is 10.1 Å². The Kier molecular flexibility index (Phi) is 9.07. The van der Waals surface area contributed by atoms with E-state index >= 15 is 0 Å². The lowest BCUT2D eigenvalue weighted by atomic mass is 10.2. The molecule has 0 aromatic carbocycles. The van der Waals surface area contributed by atoms with Gasteiger partial charge < -0.3 is 25.6 Å². The molecule has 0 radical (unpaired) electrons. The van der Waals surface area contributed by atoms with Crippen LogP contribution in [0.2, 0.25) is 0 Å². The minimum Gasteiger partial charge on any atom is -0.448 e. The van der Waals surface area contributed by atoms with Gasteiger partial charge in [0.15, 0.2) is 0 Å². The predicted octanol–water partition coefficient (Wildman–Crippen LogP) is 0.409. The van der Waals surface area contributed by atoms with Gasteiger partial charge in [-0.05, 0) is 12.8 Å². The second-order valence-electron chi connectivity index (χ2n) is 3.65. The van der Waals surface area contributed by atoms with Crippen LogP contribution >= 0.6 is 7.60 Å². The first-order chi connectivity index (χ1) is 7.95. The first kappa shape index (κ1) is 16.4. The maximum atomic E-state index is 10.9. The van der Waals surface area contributed by atoms with Gasteiger partial charge in [-0.15, -0.1) is 0 Å². The maximum absolute atomic E-state index is 10.9. The molecule has 0 saturated heterocycles. The van der Waals surface area contributed by atoms with Crippen LogP contribution in [0.1, 0.15) is 25.7 Å². The molecule has 0 unspecified atom stereocenters. The van der Waals surface area contributed by atoms with Crippen molar-refractivity contribution in [2.45, 2.75) is 25.7 Å². The fourth-order valence-corrected chi connectivity index (χ4v) is 1.82. The molecule has 0 aliphatic rings. The summed E-state index contributed by atoms with van der Waals surface area (Å²) in [7, 11) is -3.85. The summed E-state index contributed by atoms with van der Waals surface area (Å²) in [6, 6.07) is 0. The summed E-state index contributed by atoms with van der Waals surface area (Å²) in [5.41, 5.74) is 5.15. The number of ether oxygens (including phenoxy) is 1. The molecule has 0 heterocycles. The third-order valence-corrected chi connectivity index (χ3v) is 2.90. The maximum Gasteiger partial charge on any atom is 0.407 e. The summed E-state index contributed by atoms with van der Waals surface area (Å²) in [6.45, 7) is 1.00. The van der Waals surface area contributed by atoms with E-state index in [1.165, 1.54) is 0 Å². The first-order valence-electron chi connectivity index (χ1n) is 5.61. The number of carbonyl (C=O) groups is 1. The number of nitrogens with two attached hydrogens (primary N) is 1. The standard InChI is InChI=1S/C9H21N2O5P/c10-5-7-16-9(12)11-6-3-1-2-4-8-17(13,14)15/h1-8,10H2,(H,11,12)(H2,13,14,15). The van der Waals surface area contributed by atoms with Crippen LogP contribution in [-0.4, -0.2) is 41.7 Å². The third-order valence-electron chi connectivity index (χ3n) is 2.00. The number of carbonyl (C=O) groups excluding carboxylic acids is 1. The van der Waals surface area contributed by atoms with E-state index in [1.54, 1.807) is 0 Å². The molecule has 0 saturated carbocycles. The predicted molar refractivity (Wildman–Crippen MR) is 63.8 cm³/mol. The first-order valence-corrected chi connectivity index (χ1v) is 7.41. The summed E-state index contributed by atoms with van der Waals surface area (Å²) in [4.78, 5) is 28.1. The topological polar surface area (TPSA) is 122 Å². The van der Waals surface area contributed by atoms with Crippen molar-refractivity contribution in [2.24, 2.45) is 5.73 Å². The number of alkyl carbamates (subject to hydrolysis) is 1. The Morgan fingerprint density at radius 3 is 2.47 bits per heavy atom. The Morgan fingerprint density at radius 2 is 1.88 bits per heavy atom. The van der Waals surface area contributed by atoms with E-state index < -0.39 is 13.7 Å². The average molecular weight is 268 g/mol. The van der Waals surface area contributed by atoms with Gasteiger partial charge >= 0.3 is 13.7 Å². The average Bonchev–Trinajstić information content (AvgIpc) is 2.23. The quantitative estimate of drug-likeness (QED) is 0.355. The summed E-state index contributed by atoms with van der Waals surface area (Å²) in [5, 5.41) is 2.55. The Labute approximate surface area is 101 Å². The largest absolute Gasteiger partial charge is 0.448 e. The molecule has 0 atom stereocenters. The number of nitrogens with one attached hydrogen (secondary N) is 1. The Hall–Kier alpha value is -0.620. The summed E-state index contributed by atoms with van der Waals surface area (Å²) in [6.07, 6.45) is 2.27. The fraction of sp³-hybridized carbons (Fsp3) is 0.889. The van der Waals surface area contributed by atoms with Crippen molar-refractivity contribution >= 4 is 13.7 Å². The molecule has 0 spiro atoms. The summed E-state index contributed by atoms with van der Waals surface area (Å²) < 4.78 is 15.2. The minimum absolute atomic E-state index is 0.0705. The Bertz CT molecular complexity index is 256. The lowest BCUT2D eigenvalue weighted by Crippen LogP contribution is -2.27. The molecule has 8 heteroatoms. The number of amides is 1. The van der Waals surface area contributed by atoms with E-state index in [9.17, 15) is 9.36 Å². The molecule has 0 bridgehead atoms. The van der Waals surface area contributed by atoms with E-state index in [4.69, 9.17) is 15.5 Å². The molecule has 0 aliphatic carbocycles. The molecule has 0 aromatic rings. The third kappa shape index (κ3) is 13.3. The Morgan fingerprint density at radius 1 is 1.24 bits per heavy atom. The van der Waals surface area contributed by atoms with Gasteiger partial charge in [0.2, 0.25) is 0 Å². The smallest absolute Gasteiger partial charge is 0.407 e.